The molecule has 0 aliphatic rings. The summed E-state index contributed by atoms with van der Waals surface area (Å²) in [6.45, 7) is 1.50. The van der Waals surface area contributed by atoms with Gasteiger partial charge in [0.05, 0.1) is 12.3 Å². The van der Waals surface area contributed by atoms with Crippen LogP contribution in [0.2, 0.25) is 0 Å². The largest absolute Gasteiger partial charge is 0.325 e. The van der Waals surface area contributed by atoms with Crippen molar-refractivity contribution in [2.75, 3.05) is 11.9 Å². The fourth-order valence-electron chi connectivity index (χ4n) is 2.10. The van der Waals surface area contributed by atoms with Crippen LogP contribution in [0.5, 0.6) is 0 Å². The van der Waals surface area contributed by atoms with Crippen molar-refractivity contribution in [3.63, 3.8) is 0 Å². The van der Waals surface area contributed by atoms with E-state index in [1.165, 1.54) is 0 Å². The summed E-state index contributed by atoms with van der Waals surface area (Å²) >= 11 is 0. The minimum atomic E-state index is -3.60. The van der Waals surface area contributed by atoms with E-state index in [2.05, 4.69) is 16.0 Å². The van der Waals surface area contributed by atoms with Crippen LogP contribution in [0.25, 0.3) is 0 Å². The van der Waals surface area contributed by atoms with E-state index in [0.29, 0.717) is 16.8 Å². The van der Waals surface area contributed by atoms with Crippen LogP contribution >= 0.6 is 0 Å². The second-order valence-corrected chi connectivity index (χ2v) is 7.09. The molecule has 24 heavy (non-hydrogen) atoms. The normalized spacial score (nSPS) is 10.8. The SMILES string of the molecule is C#Cc1cccc(NC(=O)CNS(=O)(=O)Cc2ccccc2C)c1. The molecule has 5 nitrogen and oxygen atoms in total. The minimum Gasteiger partial charge on any atom is -0.325 e. The van der Waals surface area contributed by atoms with E-state index in [-0.39, 0.29) is 12.3 Å². The van der Waals surface area contributed by atoms with E-state index in [9.17, 15) is 13.2 Å². The smallest absolute Gasteiger partial charge is 0.239 e. The van der Waals surface area contributed by atoms with E-state index in [1.807, 2.05) is 19.1 Å². The van der Waals surface area contributed by atoms with E-state index >= 15 is 0 Å². The summed E-state index contributed by atoms with van der Waals surface area (Å²) in [7, 11) is -3.60. The third-order valence-electron chi connectivity index (χ3n) is 3.37. The highest BCUT2D eigenvalue weighted by molar-refractivity contribution is 7.88. The second-order valence-electron chi connectivity index (χ2n) is 5.28. The van der Waals surface area contributed by atoms with Gasteiger partial charge in [-0.05, 0) is 36.2 Å². The lowest BCUT2D eigenvalue weighted by Gasteiger charge is -2.09. The maximum atomic E-state index is 12.1. The van der Waals surface area contributed by atoms with Crippen molar-refractivity contribution in [1.82, 2.24) is 4.72 Å². The predicted molar refractivity (Wildman–Crippen MR) is 94.8 cm³/mol. The van der Waals surface area contributed by atoms with Gasteiger partial charge in [0.25, 0.3) is 0 Å². The van der Waals surface area contributed by atoms with Crippen LogP contribution in [0, 0.1) is 19.3 Å². The Kier molecular flexibility index (Phi) is 5.74. The summed E-state index contributed by atoms with van der Waals surface area (Å²) < 4.78 is 26.5. The van der Waals surface area contributed by atoms with Crippen LogP contribution in [0.3, 0.4) is 0 Å². The van der Waals surface area contributed by atoms with Crippen LogP contribution < -0.4 is 10.0 Å². The highest BCUT2D eigenvalue weighted by Gasteiger charge is 2.14. The molecule has 0 heterocycles. The molecule has 1 amide bonds. The van der Waals surface area contributed by atoms with Crippen LogP contribution in [0.15, 0.2) is 48.5 Å². The van der Waals surface area contributed by atoms with Crippen molar-refractivity contribution in [1.29, 1.82) is 0 Å². The first-order valence-electron chi connectivity index (χ1n) is 7.28. The van der Waals surface area contributed by atoms with Gasteiger partial charge in [0.1, 0.15) is 0 Å². The van der Waals surface area contributed by atoms with Gasteiger partial charge in [0, 0.05) is 11.3 Å². The zero-order valence-electron chi connectivity index (χ0n) is 13.2. The van der Waals surface area contributed by atoms with Crippen molar-refractivity contribution in [2.24, 2.45) is 0 Å². The first-order chi connectivity index (χ1) is 11.4. The summed E-state index contributed by atoms with van der Waals surface area (Å²) in [6, 6.07) is 14.0. The Morgan fingerprint density at radius 1 is 1.17 bits per heavy atom. The first-order valence-corrected chi connectivity index (χ1v) is 8.93. The molecule has 6 heteroatoms. The lowest BCUT2D eigenvalue weighted by Crippen LogP contribution is -2.33. The Morgan fingerprint density at radius 3 is 2.62 bits per heavy atom. The number of carbonyl (C=O) groups excluding carboxylic acids is 1. The van der Waals surface area contributed by atoms with Crippen LogP contribution in [-0.4, -0.2) is 20.9 Å². The van der Waals surface area contributed by atoms with Crippen molar-refractivity contribution >= 4 is 21.6 Å². The number of sulfonamides is 1. The number of benzene rings is 2. The first kappa shape index (κ1) is 17.7. The molecule has 0 spiro atoms. The zero-order valence-corrected chi connectivity index (χ0v) is 14.1. The molecule has 0 unspecified atom stereocenters. The number of rotatable bonds is 6. The Bertz CT molecular complexity index is 883. The molecule has 0 saturated heterocycles. The van der Waals surface area contributed by atoms with Gasteiger partial charge >= 0.3 is 0 Å². The third kappa shape index (κ3) is 5.23. The number of hydrogen-bond donors (Lipinski definition) is 2. The maximum Gasteiger partial charge on any atom is 0.239 e. The summed E-state index contributed by atoms with van der Waals surface area (Å²) in [5.41, 5.74) is 2.74. The van der Waals surface area contributed by atoms with Crippen molar-refractivity contribution in [2.45, 2.75) is 12.7 Å². The van der Waals surface area contributed by atoms with Gasteiger partial charge in [0.15, 0.2) is 0 Å². The summed E-state index contributed by atoms with van der Waals surface area (Å²) in [5.74, 6) is 1.84. The maximum absolute atomic E-state index is 12.1. The van der Waals surface area contributed by atoms with E-state index in [0.717, 1.165) is 5.56 Å². The lowest BCUT2D eigenvalue weighted by atomic mass is 10.1. The molecule has 0 atom stereocenters. The molecule has 2 rings (SSSR count). The van der Waals surface area contributed by atoms with Gasteiger partial charge in [-0.1, -0.05) is 36.3 Å². The number of hydrogen-bond acceptors (Lipinski definition) is 3. The number of terminal acetylenes is 1. The quantitative estimate of drug-likeness (QED) is 0.789. The Hall–Kier alpha value is -2.62. The van der Waals surface area contributed by atoms with E-state index < -0.39 is 15.9 Å². The van der Waals surface area contributed by atoms with Gasteiger partial charge in [-0.15, -0.1) is 6.42 Å². The van der Waals surface area contributed by atoms with Crippen LogP contribution in [0.1, 0.15) is 16.7 Å². The molecule has 2 N–H and O–H groups in total. The molecule has 2 aromatic rings. The third-order valence-corrected chi connectivity index (χ3v) is 4.65. The molecule has 0 fully saturated rings. The van der Waals surface area contributed by atoms with Gasteiger partial charge in [0.2, 0.25) is 15.9 Å². The average Bonchev–Trinajstić information content (AvgIpc) is 2.55. The van der Waals surface area contributed by atoms with Crippen LogP contribution in [-0.2, 0) is 20.6 Å². The molecule has 0 saturated carbocycles. The number of amides is 1. The van der Waals surface area contributed by atoms with Gasteiger partial charge in [-0.2, -0.15) is 0 Å². The predicted octanol–water partition coefficient (Wildman–Crippen LogP) is 2.03. The summed E-state index contributed by atoms with van der Waals surface area (Å²) in [6.07, 6.45) is 5.30. The fourth-order valence-corrected chi connectivity index (χ4v) is 3.28. The summed E-state index contributed by atoms with van der Waals surface area (Å²) in [5, 5.41) is 2.60. The second kappa shape index (κ2) is 7.77. The fraction of sp³-hybridized carbons (Fsp3) is 0.167. The zero-order chi connectivity index (χ0) is 17.6. The highest BCUT2D eigenvalue weighted by Crippen LogP contribution is 2.11. The average molecular weight is 342 g/mol. The topological polar surface area (TPSA) is 75.3 Å². The number of anilines is 1. The molecule has 0 aliphatic heterocycles. The Morgan fingerprint density at radius 2 is 1.92 bits per heavy atom. The van der Waals surface area contributed by atoms with Gasteiger partial charge in [-0.25, -0.2) is 13.1 Å². The molecular weight excluding hydrogens is 324 g/mol. The lowest BCUT2D eigenvalue weighted by molar-refractivity contribution is -0.115. The number of aryl methyl sites for hydroxylation is 1. The monoisotopic (exact) mass is 342 g/mol. The number of nitrogens with one attached hydrogen (secondary N) is 2. The number of carbonyl (C=O) groups is 1. The van der Waals surface area contributed by atoms with Crippen molar-refractivity contribution in [3.8, 4) is 12.3 Å². The van der Waals surface area contributed by atoms with Crippen LogP contribution in [0.4, 0.5) is 5.69 Å². The van der Waals surface area contributed by atoms with Crippen molar-refractivity contribution < 1.29 is 13.2 Å². The van der Waals surface area contributed by atoms with E-state index in [4.69, 9.17) is 6.42 Å². The Balaban J connectivity index is 1.93. The molecule has 124 valence electrons. The Labute approximate surface area is 142 Å². The molecule has 0 bridgehead atoms. The van der Waals surface area contributed by atoms with Gasteiger partial charge in [-0.3, -0.25) is 4.79 Å². The van der Waals surface area contributed by atoms with Crippen molar-refractivity contribution in [3.05, 3.63) is 65.2 Å². The molecule has 2 aromatic carbocycles. The van der Waals surface area contributed by atoms with E-state index in [1.54, 1.807) is 36.4 Å². The molecule has 0 radical (unpaired) electrons. The standard InChI is InChI=1S/C18H18N2O3S/c1-3-15-8-6-10-17(11-15)20-18(21)12-19-24(22,23)13-16-9-5-4-7-14(16)2/h1,4-11,19H,12-13H2,2H3,(H,20,21). The summed E-state index contributed by atoms with van der Waals surface area (Å²) in [4.78, 5) is 11.9. The highest BCUT2D eigenvalue weighted by atomic mass is 32.2. The molecule has 0 aromatic heterocycles. The molecule has 0 aliphatic carbocycles. The molecular formula is C18H18N2O3S. The minimum absolute atomic E-state index is 0.167. The van der Waals surface area contributed by atoms with Gasteiger partial charge < -0.3 is 5.32 Å².